The number of ketones is 1. The highest BCUT2D eigenvalue weighted by atomic mass is 79.9. The fourth-order valence-corrected chi connectivity index (χ4v) is 1.88. The van der Waals surface area contributed by atoms with Crippen LogP contribution in [0.3, 0.4) is 0 Å². The highest BCUT2D eigenvalue weighted by Gasteiger charge is 2.07. The summed E-state index contributed by atoms with van der Waals surface area (Å²) in [6.07, 6.45) is 2.19. The van der Waals surface area contributed by atoms with Crippen LogP contribution < -0.4 is 0 Å². The van der Waals surface area contributed by atoms with Crippen LogP contribution in [0.1, 0.15) is 16.1 Å². The molecule has 1 aromatic heterocycles. The summed E-state index contributed by atoms with van der Waals surface area (Å²) >= 11 is 3.38. The third-order valence-corrected chi connectivity index (χ3v) is 2.65. The Morgan fingerprint density at radius 2 is 2.13 bits per heavy atom. The van der Waals surface area contributed by atoms with Crippen molar-refractivity contribution in [3.05, 3.63) is 58.3 Å². The number of halogens is 1. The van der Waals surface area contributed by atoms with E-state index in [4.69, 9.17) is 0 Å². The minimum atomic E-state index is 0.109. The minimum Gasteiger partial charge on any atom is -0.359 e. The Labute approximate surface area is 96.5 Å². The van der Waals surface area contributed by atoms with Crippen LogP contribution in [-0.2, 0) is 6.42 Å². The lowest BCUT2D eigenvalue weighted by atomic mass is 10.1. The maximum absolute atomic E-state index is 11.7. The van der Waals surface area contributed by atoms with Gasteiger partial charge in [0.2, 0.25) is 0 Å². The van der Waals surface area contributed by atoms with Crippen molar-refractivity contribution in [2.45, 2.75) is 6.42 Å². The molecule has 2 rings (SSSR count). The molecule has 0 aliphatic rings. The number of carbonyl (C=O) groups is 1. The van der Waals surface area contributed by atoms with Gasteiger partial charge in [-0.25, -0.2) is 0 Å². The zero-order valence-corrected chi connectivity index (χ0v) is 9.62. The second-order valence-electron chi connectivity index (χ2n) is 3.31. The highest BCUT2D eigenvalue weighted by Crippen LogP contribution is 2.13. The Kier molecular flexibility index (Phi) is 3.02. The van der Waals surface area contributed by atoms with E-state index in [0.717, 1.165) is 10.0 Å². The van der Waals surface area contributed by atoms with Crippen LogP contribution in [0, 0.1) is 0 Å². The van der Waals surface area contributed by atoms with Crippen molar-refractivity contribution in [1.29, 1.82) is 0 Å². The Bertz CT molecular complexity index is 462. The van der Waals surface area contributed by atoms with Gasteiger partial charge in [-0.2, -0.15) is 0 Å². The zero-order chi connectivity index (χ0) is 10.7. The molecule has 0 aliphatic carbocycles. The summed E-state index contributed by atoms with van der Waals surface area (Å²) in [5.74, 6) is 0.109. The lowest BCUT2D eigenvalue weighted by Crippen LogP contribution is -2.03. The second-order valence-corrected chi connectivity index (χ2v) is 4.23. The van der Waals surface area contributed by atoms with Gasteiger partial charge in [-0.3, -0.25) is 4.79 Å². The Balaban J connectivity index is 2.13. The largest absolute Gasteiger partial charge is 0.359 e. The maximum Gasteiger partial charge on any atom is 0.183 e. The second kappa shape index (κ2) is 4.45. The monoisotopic (exact) mass is 263 g/mol. The molecule has 0 saturated carbocycles. The molecule has 0 amide bonds. The molecular weight excluding hydrogens is 254 g/mol. The molecule has 0 unspecified atom stereocenters. The first kappa shape index (κ1) is 10.2. The Morgan fingerprint density at radius 3 is 2.80 bits per heavy atom. The number of H-pyrrole nitrogens is 1. The fraction of sp³-hybridized carbons (Fsp3) is 0.0833. The van der Waals surface area contributed by atoms with Crippen molar-refractivity contribution < 1.29 is 4.79 Å². The molecule has 0 aliphatic heterocycles. The van der Waals surface area contributed by atoms with Crippen LogP contribution in [0.4, 0.5) is 0 Å². The topological polar surface area (TPSA) is 32.9 Å². The molecule has 2 aromatic rings. The summed E-state index contributed by atoms with van der Waals surface area (Å²) in [5.41, 5.74) is 1.68. The van der Waals surface area contributed by atoms with E-state index in [1.165, 1.54) is 0 Å². The molecule has 76 valence electrons. The normalized spacial score (nSPS) is 10.2. The first-order valence-electron chi connectivity index (χ1n) is 4.67. The molecule has 15 heavy (non-hydrogen) atoms. The summed E-state index contributed by atoms with van der Waals surface area (Å²) in [4.78, 5) is 14.7. The lowest BCUT2D eigenvalue weighted by molar-refractivity contribution is 0.0989. The maximum atomic E-state index is 11.7. The number of hydrogen-bond donors (Lipinski definition) is 1. The zero-order valence-electron chi connectivity index (χ0n) is 8.03. The number of rotatable bonds is 3. The third kappa shape index (κ3) is 2.57. The van der Waals surface area contributed by atoms with Crippen molar-refractivity contribution in [3.8, 4) is 0 Å². The van der Waals surface area contributed by atoms with Gasteiger partial charge in [0.05, 0.1) is 5.69 Å². The molecule has 1 aromatic carbocycles. The van der Waals surface area contributed by atoms with Crippen molar-refractivity contribution in [1.82, 2.24) is 4.98 Å². The highest BCUT2D eigenvalue weighted by molar-refractivity contribution is 9.10. The first-order valence-corrected chi connectivity index (χ1v) is 5.46. The van der Waals surface area contributed by atoms with Crippen LogP contribution in [0.25, 0.3) is 0 Å². The summed E-state index contributed by atoms with van der Waals surface area (Å²) in [6, 6.07) is 11.4. The minimum absolute atomic E-state index is 0.109. The number of benzene rings is 1. The lowest BCUT2D eigenvalue weighted by Gasteiger charge is -2.00. The van der Waals surface area contributed by atoms with Gasteiger partial charge in [-0.05, 0) is 29.8 Å². The average molecular weight is 264 g/mol. The molecule has 3 heteroatoms. The van der Waals surface area contributed by atoms with Crippen LogP contribution in [0.5, 0.6) is 0 Å². The van der Waals surface area contributed by atoms with Gasteiger partial charge in [0.25, 0.3) is 0 Å². The van der Waals surface area contributed by atoms with Gasteiger partial charge < -0.3 is 4.98 Å². The van der Waals surface area contributed by atoms with Crippen LogP contribution >= 0.6 is 15.9 Å². The molecule has 2 nitrogen and oxygen atoms in total. The smallest absolute Gasteiger partial charge is 0.183 e. The van der Waals surface area contributed by atoms with Gasteiger partial charge in [-0.1, -0.05) is 28.1 Å². The number of aromatic amines is 1. The molecule has 0 atom stereocenters. The predicted molar refractivity (Wildman–Crippen MR) is 63.0 cm³/mol. The van der Waals surface area contributed by atoms with E-state index in [-0.39, 0.29) is 5.78 Å². The first-order chi connectivity index (χ1) is 7.25. The molecule has 1 heterocycles. The standard InChI is InChI=1S/C12H10BrNO/c13-10-4-1-3-9(7-10)8-12(15)11-5-2-6-14-11/h1-7,14H,8H2. The molecule has 0 saturated heterocycles. The van der Waals surface area contributed by atoms with Crippen LogP contribution in [0.2, 0.25) is 0 Å². The molecule has 0 spiro atoms. The van der Waals surface area contributed by atoms with Crippen molar-refractivity contribution in [2.75, 3.05) is 0 Å². The summed E-state index contributed by atoms with van der Waals surface area (Å²) < 4.78 is 0.999. The van der Waals surface area contributed by atoms with E-state index in [1.54, 1.807) is 12.3 Å². The van der Waals surface area contributed by atoms with Crippen molar-refractivity contribution >= 4 is 21.7 Å². The van der Waals surface area contributed by atoms with E-state index >= 15 is 0 Å². The number of Topliss-reactive ketones (excluding diaryl/α,β-unsaturated/α-hetero) is 1. The van der Waals surface area contributed by atoms with Crippen LogP contribution in [0.15, 0.2) is 47.1 Å². The van der Waals surface area contributed by atoms with Crippen LogP contribution in [-0.4, -0.2) is 10.8 Å². The SMILES string of the molecule is O=C(Cc1cccc(Br)c1)c1ccc[nH]1. The number of hydrogen-bond acceptors (Lipinski definition) is 1. The molecule has 0 radical (unpaired) electrons. The molecule has 0 fully saturated rings. The van der Waals surface area contributed by atoms with E-state index in [2.05, 4.69) is 20.9 Å². The van der Waals surface area contributed by atoms with E-state index in [0.29, 0.717) is 12.1 Å². The van der Waals surface area contributed by atoms with Crippen molar-refractivity contribution in [3.63, 3.8) is 0 Å². The Hall–Kier alpha value is -1.35. The molecule has 0 bridgehead atoms. The third-order valence-electron chi connectivity index (χ3n) is 2.15. The quantitative estimate of drug-likeness (QED) is 0.848. The van der Waals surface area contributed by atoms with Gasteiger partial charge in [0.1, 0.15) is 0 Å². The summed E-state index contributed by atoms with van der Waals surface area (Å²) in [7, 11) is 0. The van der Waals surface area contributed by atoms with E-state index in [9.17, 15) is 4.79 Å². The number of aromatic nitrogens is 1. The van der Waals surface area contributed by atoms with Gasteiger partial charge >= 0.3 is 0 Å². The summed E-state index contributed by atoms with van der Waals surface area (Å²) in [6.45, 7) is 0. The van der Waals surface area contributed by atoms with Gasteiger partial charge in [0, 0.05) is 17.1 Å². The van der Waals surface area contributed by atoms with Gasteiger partial charge in [0.15, 0.2) is 5.78 Å². The van der Waals surface area contributed by atoms with E-state index < -0.39 is 0 Å². The predicted octanol–water partition coefficient (Wildman–Crippen LogP) is 3.20. The molecular formula is C12H10BrNO. The number of carbonyl (C=O) groups excluding carboxylic acids is 1. The van der Waals surface area contributed by atoms with Gasteiger partial charge in [-0.15, -0.1) is 0 Å². The molecule has 1 N–H and O–H groups in total. The summed E-state index contributed by atoms with van der Waals surface area (Å²) in [5, 5.41) is 0. The average Bonchev–Trinajstić information content (AvgIpc) is 2.70. The fourth-order valence-electron chi connectivity index (χ4n) is 1.43. The Morgan fingerprint density at radius 1 is 1.27 bits per heavy atom. The van der Waals surface area contributed by atoms with Crippen molar-refractivity contribution in [2.24, 2.45) is 0 Å². The van der Waals surface area contributed by atoms with E-state index in [1.807, 2.05) is 30.3 Å². The number of nitrogens with one attached hydrogen (secondary N) is 1.